The molecule has 0 amide bonds. The van der Waals surface area contributed by atoms with Crippen LogP contribution in [-0.2, 0) is 6.42 Å². The number of aryl methyl sites for hydroxylation is 1. The molecule has 6 nitrogen and oxygen atoms in total. The molecule has 0 aromatic heterocycles. The molecule has 0 unspecified atom stereocenters. The van der Waals surface area contributed by atoms with E-state index in [1.807, 2.05) is 22.6 Å². The van der Waals surface area contributed by atoms with E-state index < -0.39 is 17.1 Å². The highest BCUT2D eigenvalue weighted by molar-refractivity contribution is 14.1. The molecule has 0 aliphatic heterocycles. The van der Waals surface area contributed by atoms with Crippen LogP contribution in [0.15, 0.2) is 6.07 Å². The molecule has 25 heavy (non-hydrogen) atoms. The third kappa shape index (κ3) is 2.35. The summed E-state index contributed by atoms with van der Waals surface area (Å²) in [6.45, 7) is 2.08. The fourth-order valence-corrected chi connectivity index (χ4v) is 7.05. The SMILES string of the molecule is C[C@]12CC[C@@H]3c4c(cc(O)c([N+](=O)[O-])c4I)CC[C@H]3[C@@H]1C[C@@H](O)[C@@H]2O. The molecule has 0 bridgehead atoms. The highest BCUT2D eigenvalue weighted by Crippen LogP contribution is 2.62. The second-order valence-electron chi connectivity index (χ2n) is 8.10. The van der Waals surface area contributed by atoms with Crippen LogP contribution in [0, 0.1) is 30.9 Å². The van der Waals surface area contributed by atoms with Crippen molar-refractivity contribution >= 4 is 28.3 Å². The van der Waals surface area contributed by atoms with Gasteiger partial charge in [0.2, 0.25) is 0 Å². The van der Waals surface area contributed by atoms with Crippen LogP contribution in [0.25, 0.3) is 0 Å². The van der Waals surface area contributed by atoms with Gasteiger partial charge in [-0.15, -0.1) is 0 Å². The number of hydrogen-bond acceptors (Lipinski definition) is 5. The third-order valence-corrected chi connectivity index (χ3v) is 8.15. The number of nitro groups is 1. The van der Waals surface area contributed by atoms with E-state index in [0.29, 0.717) is 15.9 Å². The molecule has 3 N–H and O–H groups in total. The molecule has 0 heterocycles. The van der Waals surface area contributed by atoms with Crippen molar-refractivity contribution in [1.29, 1.82) is 0 Å². The lowest BCUT2D eigenvalue weighted by molar-refractivity contribution is -0.386. The number of aromatic hydroxyl groups is 1. The monoisotopic (exact) mass is 459 g/mol. The number of aliphatic hydroxyl groups excluding tert-OH is 2. The highest BCUT2D eigenvalue weighted by atomic mass is 127. The maximum atomic E-state index is 11.4. The number of nitrogens with zero attached hydrogens (tertiary/aromatic N) is 1. The fourth-order valence-electron chi connectivity index (χ4n) is 5.83. The number of nitro benzene ring substituents is 1. The van der Waals surface area contributed by atoms with Gasteiger partial charge in [-0.3, -0.25) is 10.1 Å². The lowest BCUT2D eigenvalue weighted by atomic mass is 9.55. The van der Waals surface area contributed by atoms with Crippen molar-refractivity contribution in [3.8, 4) is 5.75 Å². The summed E-state index contributed by atoms with van der Waals surface area (Å²) in [4.78, 5) is 10.9. The Labute approximate surface area is 159 Å². The number of aliphatic hydroxyl groups is 2. The number of phenolic OH excluding ortho intramolecular Hbond substituents is 1. The van der Waals surface area contributed by atoms with Crippen LogP contribution in [0.3, 0.4) is 0 Å². The van der Waals surface area contributed by atoms with Crippen molar-refractivity contribution in [1.82, 2.24) is 0 Å². The minimum absolute atomic E-state index is 0.195. The molecule has 3 aliphatic rings. The lowest BCUT2D eigenvalue weighted by Crippen LogP contribution is -2.45. The van der Waals surface area contributed by atoms with Gasteiger partial charge < -0.3 is 15.3 Å². The summed E-state index contributed by atoms with van der Waals surface area (Å²) in [7, 11) is 0. The minimum atomic E-state index is -0.687. The third-order valence-electron chi connectivity index (χ3n) is 7.05. The van der Waals surface area contributed by atoms with E-state index in [9.17, 15) is 25.4 Å². The summed E-state index contributed by atoms with van der Waals surface area (Å²) in [5.41, 5.74) is 1.56. The summed E-state index contributed by atoms with van der Waals surface area (Å²) in [5.74, 6) is 0.494. The van der Waals surface area contributed by atoms with Gasteiger partial charge >= 0.3 is 5.69 Å². The van der Waals surface area contributed by atoms with E-state index in [4.69, 9.17) is 0 Å². The van der Waals surface area contributed by atoms with E-state index in [2.05, 4.69) is 6.92 Å². The van der Waals surface area contributed by atoms with Crippen LogP contribution in [0.2, 0.25) is 0 Å². The zero-order valence-electron chi connectivity index (χ0n) is 14.0. The number of phenols is 1. The zero-order chi connectivity index (χ0) is 18.1. The molecular weight excluding hydrogens is 437 g/mol. The molecule has 2 fully saturated rings. The van der Waals surface area contributed by atoms with Crippen LogP contribution >= 0.6 is 22.6 Å². The molecule has 3 aliphatic carbocycles. The Kier molecular flexibility index (Phi) is 4.05. The Morgan fingerprint density at radius 1 is 1.36 bits per heavy atom. The standard InChI is InChI=1S/C18H22INO5/c1-18-5-4-10-9(11(18)7-13(22)17(18)23)3-2-8-6-12(21)16(20(24)25)15(19)14(8)10/h6,9-11,13,17,21-23H,2-5,7H2,1H3/t9-,10+,11+,13-,17+,18+/m1/s1. The van der Waals surface area contributed by atoms with E-state index in [1.165, 1.54) is 0 Å². The van der Waals surface area contributed by atoms with E-state index in [1.54, 1.807) is 6.07 Å². The molecule has 6 atom stereocenters. The molecule has 136 valence electrons. The molecule has 1 aromatic carbocycles. The van der Waals surface area contributed by atoms with Crippen molar-refractivity contribution in [2.45, 2.75) is 57.2 Å². The van der Waals surface area contributed by atoms with Crippen molar-refractivity contribution in [2.24, 2.45) is 17.3 Å². The Morgan fingerprint density at radius 3 is 2.76 bits per heavy atom. The van der Waals surface area contributed by atoms with Gasteiger partial charge in [-0.05, 0) is 95.1 Å². The topological polar surface area (TPSA) is 104 Å². The molecule has 2 saturated carbocycles. The quantitative estimate of drug-likeness (QED) is 0.340. The predicted molar refractivity (Wildman–Crippen MR) is 99.5 cm³/mol. The van der Waals surface area contributed by atoms with Gasteiger partial charge in [0.15, 0.2) is 5.75 Å². The summed E-state index contributed by atoms with van der Waals surface area (Å²) in [6.07, 6.45) is 2.61. The highest BCUT2D eigenvalue weighted by Gasteiger charge is 2.58. The Bertz CT molecular complexity index is 753. The van der Waals surface area contributed by atoms with Crippen LogP contribution in [0.4, 0.5) is 5.69 Å². The van der Waals surface area contributed by atoms with Gasteiger partial charge in [-0.25, -0.2) is 0 Å². The summed E-state index contributed by atoms with van der Waals surface area (Å²) >= 11 is 2.01. The smallest absolute Gasteiger partial charge is 0.324 e. The predicted octanol–water partition coefficient (Wildman–Crippen LogP) is 3.09. The van der Waals surface area contributed by atoms with Gasteiger partial charge in [0.05, 0.1) is 20.7 Å². The molecule has 7 heteroatoms. The first-order chi connectivity index (χ1) is 11.8. The minimum Gasteiger partial charge on any atom is -0.502 e. The number of halogens is 1. The second kappa shape index (κ2) is 5.79. The first kappa shape index (κ1) is 17.5. The second-order valence-corrected chi connectivity index (χ2v) is 9.17. The van der Waals surface area contributed by atoms with Gasteiger partial charge in [0.25, 0.3) is 0 Å². The Hall–Kier alpha value is -0.930. The van der Waals surface area contributed by atoms with Crippen LogP contribution in [-0.4, -0.2) is 32.5 Å². The zero-order valence-corrected chi connectivity index (χ0v) is 16.1. The maximum Gasteiger partial charge on any atom is 0.324 e. The van der Waals surface area contributed by atoms with Gasteiger partial charge in [0, 0.05) is 0 Å². The van der Waals surface area contributed by atoms with Crippen LogP contribution in [0.1, 0.15) is 49.7 Å². The fraction of sp³-hybridized carbons (Fsp3) is 0.667. The lowest BCUT2D eigenvalue weighted by Gasteiger charge is -2.50. The number of benzene rings is 1. The average molecular weight is 459 g/mol. The van der Waals surface area contributed by atoms with Crippen molar-refractivity contribution in [3.63, 3.8) is 0 Å². The molecule has 0 saturated heterocycles. The molecule has 1 aromatic rings. The summed E-state index contributed by atoms with van der Waals surface area (Å²) in [6, 6.07) is 1.57. The average Bonchev–Trinajstić information content (AvgIpc) is 2.77. The van der Waals surface area contributed by atoms with E-state index >= 15 is 0 Å². The van der Waals surface area contributed by atoms with E-state index in [-0.39, 0.29) is 28.7 Å². The number of fused-ring (bicyclic) bond motifs is 5. The first-order valence-electron chi connectivity index (χ1n) is 8.80. The number of rotatable bonds is 1. The maximum absolute atomic E-state index is 11.4. The van der Waals surface area contributed by atoms with Gasteiger partial charge in [0.1, 0.15) is 0 Å². The Morgan fingerprint density at radius 2 is 2.08 bits per heavy atom. The molecule has 0 spiro atoms. The van der Waals surface area contributed by atoms with Crippen LogP contribution in [0.5, 0.6) is 5.75 Å². The number of hydrogen-bond donors (Lipinski definition) is 3. The summed E-state index contributed by atoms with van der Waals surface area (Å²) in [5, 5.41) is 42.1. The molecular formula is C18H22INO5. The summed E-state index contributed by atoms with van der Waals surface area (Å²) < 4.78 is 0.551. The largest absolute Gasteiger partial charge is 0.502 e. The van der Waals surface area contributed by atoms with E-state index in [0.717, 1.165) is 36.8 Å². The van der Waals surface area contributed by atoms with Crippen molar-refractivity contribution in [2.75, 3.05) is 0 Å². The van der Waals surface area contributed by atoms with Gasteiger partial charge in [-0.1, -0.05) is 6.92 Å². The van der Waals surface area contributed by atoms with Crippen molar-refractivity contribution in [3.05, 3.63) is 30.9 Å². The van der Waals surface area contributed by atoms with Gasteiger partial charge in [-0.2, -0.15) is 0 Å². The first-order valence-corrected chi connectivity index (χ1v) is 9.88. The molecule has 4 rings (SSSR count). The van der Waals surface area contributed by atoms with Crippen molar-refractivity contribution < 1.29 is 20.2 Å². The Balaban J connectivity index is 1.79. The molecule has 0 radical (unpaired) electrons. The normalized spacial score (nSPS) is 39.4. The van der Waals surface area contributed by atoms with Crippen LogP contribution < -0.4 is 0 Å².